The molecular weight excluding hydrogens is 286 g/mol. The molecule has 4 nitrogen and oxygen atoms in total. The smallest absolute Gasteiger partial charge is 0.265 e. The first-order valence-corrected chi connectivity index (χ1v) is 8.18. The Morgan fingerprint density at radius 3 is 2.29 bits per heavy atom. The summed E-state index contributed by atoms with van der Waals surface area (Å²) in [7, 11) is -2.22. The van der Waals surface area contributed by atoms with Gasteiger partial charge in [-0.25, -0.2) is 8.42 Å². The molecule has 0 heterocycles. The normalized spacial score (nSPS) is 11.4. The highest BCUT2D eigenvalue weighted by molar-refractivity contribution is 7.92. The predicted molar refractivity (Wildman–Crippen MR) is 84.3 cm³/mol. The van der Waals surface area contributed by atoms with Gasteiger partial charge in [-0.1, -0.05) is 38.1 Å². The molecular formula is C16H19NO3S. The van der Waals surface area contributed by atoms with Gasteiger partial charge in [-0.3, -0.25) is 4.72 Å². The fourth-order valence-corrected chi connectivity index (χ4v) is 3.24. The topological polar surface area (TPSA) is 55.4 Å². The average molecular weight is 305 g/mol. The number of methoxy groups -OCH3 is 1. The van der Waals surface area contributed by atoms with E-state index in [0.29, 0.717) is 11.4 Å². The maximum absolute atomic E-state index is 12.6. The number of ether oxygens (including phenoxy) is 1. The van der Waals surface area contributed by atoms with Crippen molar-refractivity contribution < 1.29 is 13.2 Å². The summed E-state index contributed by atoms with van der Waals surface area (Å²) >= 11 is 0. The standard InChI is InChI=1S/C16H19NO3S/c1-12(2)13-9-10-15(20-3)16(11-13)21(18,19)17-14-7-5-4-6-8-14/h4-12,17H,1-3H3. The van der Waals surface area contributed by atoms with E-state index in [1.54, 1.807) is 36.4 Å². The molecule has 0 atom stereocenters. The Bertz CT molecular complexity index is 710. The van der Waals surface area contributed by atoms with Crippen LogP contribution in [0.4, 0.5) is 5.69 Å². The Morgan fingerprint density at radius 2 is 1.71 bits per heavy atom. The number of nitrogens with one attached hydrogen (secondary N) is 1. The second kappa shape index (κ2) is 6.18. The predicted octanol–water partition coefficient (Wildman–Crippen LogP) is 3.62. The Labute approximate surface area is 125 Å². The van der Waals surface area contributed by atoms with E-state index in [1.165, 1.54) is 7.11 Å². The van der Waals surface area contributed by atoms with E-state index in [9.17, 15) is 8.42 Å². The van der Waals surface area contributed by atoms with Crippen molar-refractivity contribution in [3.63, 3.8) is 0 Å². The number of sulfonamides is 1. The van der Waals surface area contributed by atoms with Crippen LogP contribution in [-0.4, -0.2) is 15.5 Å². The molecule has 0 aliphatic heterocycles. The number of rotatable bonds is 5. The Morgan fingerprint density at radius 1 is 1.05 bits per heavy atom. The van der Waals surface area contributed by atoms with Crippen LogP contribution in [0.15, 0.2) is 53.4 Å². The summed E-state index contributed by atoms with van der Waals surface area (Å²) in [5.41, 5.74) is 1.47. The molecule has 2 aromatic carbocycles. The summed E-state index contributed by atoms with van der Waals surface area (Å²) in [6.07, 6.45) is 0. The van der Waals surface area contributed by atoms with Gasteiger partial charge in [0.1, 0.15) is 10.6 Å². The fraction of sp³-hybridized carbons (Fsp3) is 0.250. The molecule has 5 heteroatoms. The van der Waals surface area contributed by atoms with Crippen molar-refractivity contribution in [3.8, 4) is 5.75 Å². The number of hydrogen-bond donors (Lipinski definition) is 1. The van der Waals surface area contributed by atoms with Crippen LogP contribution < -0.4 is 9.46 Å². The maximum atomic E-state index is 12.6. The van der Waals surface area contributed by atoms with E-state index in [-0.39, 0.29) is 10.8 Å². The van der Waals surface area contributed by atoms with E-state index in [0.717, 1.165) is 5.56 Å². The lowest BCUT2D eigenvalue weighted by molar-refractivity contribution is 0.402. The molecule has 112 valence electrons. The minimum absolute atomic E-state index is 0.153. The van der Waals surface area contributed by atoms with Gasteiger partial charge in [-0.2, -0.15) is 0 Å². The zero-order valence-corrected chi connectivity index (χ0v) is 13.1. The van der Waals surface area contributed by atoms with E-state index in [1.807, 2.05) is 26.0 Å². The van der Waals surface area contributed by atoms with E-state index < -0.39 is 10.0 Å². The van der Waals surface area contributed by atoms with Crippen LogP contribution >= 0.6 is 0 Å². The molecule has 0 bridgehead atoms. The van der Waals surface area contributed by atoms with Gasteiger partial charge in [0.15, 0.2) is 0 Å². The lowest BCUT2D eigenvalue weighted by Gasteiger charge is -2.14. The molecule has 0 unspecified atom stereocenters. The summed E-state index contributed by atoms with van der Waals surface area (Å²) in [6, 6.07) is 14.0. The summed E-state index contributed by atoms with van der Waals surface area (Å²) in [6.45, 7) is 4.03. The number of para-hydroxylation sites is 1. The van der Waals surface area contributed by atoms with Gasteiger partial charge in [0, 0.05) is 5.69 Å². The molecule has 0 radical (unpaired) electrons. The lowest BCUT2D eigenvalue weighted by Crippen LogP contribution is -2.14. The van der Waals surface area contributed by atoms with E-state index in [2.05, 4.69) is 4.72 Å². The van der Waals surface area contributed by atoms with Crippen LogP contribution in [0.25, 0.3) is 0 Å². The zero-order chi connectivity index (χ0) is 15.5. The molecule has 2 aromatic rings. The Hall–Kier alpha value is -2.01. The highest BCUT2D eigenvalue weighted by Gasteiger charge is 2.20. The summed E-state index contributed by atoms with van der Waals surface area (Å²) in [5, 5.41) is 0. The number of benzene rings is 2. The van der Waals surface area contributed by atoms with Gasteiger partial charge < -0.3 is 4.74 Å². The molecule has 0 aliphatic rings. The van der Waals surface area contributed by atoms with Crippen LogP contribution in [0.3, 0.4) is 0 Å². The monoisotopic (exact) mass is 305 g/mol. The highest BCUT2D eigenvalue weighted by Crippen LogP contribution is 2.29. The highest BCUT2D eigenvalue weighted by atomic mass is 32.2. The van der Waals surface area contributed by atoms with Crippen molar-refractivity contribution in [2.75, 3.05) is 11.8 Å². The largest absolute Gasteiger partial charge is 0.495 e. The Balaban J connectivity index is 2.45. The first kappa shape index (κ1) is 15.4. The van der Waals surface area contributed by atoms with E-state index >= 15 is 0 Å². The second-order valence-electron chi connectivity index (χ2n) is 5.04. The van der Waals surface area contributed by atoms with Crippen molar-refractivity contribution in [1.82, 2.24) is 0 Å². The minimum Gasteiger partial charge on any atom is -0.495 e. The van der Waals surface area contributed by atoms with Crippen LogP contribution in [0, 0.1) is 0 Å². The van der Waals surface area contributed by atoms with Gasteiger partial charge in [0.25, 0.3) is 10.0 Å². The molecule has 0 saturated heterocycles. The summed E-state index contributed by atoms with van der Waals surface area (Å²) in [4.78, 5) is 0.153. The van der Waals surface area contributed by atoms with Gasteiger partial charge in [0.05, 0.1) is 7.11 Å². The number of anilines is 1. The molecule has 0 aliphatic carbocycles. The average Bonchev–Trinajstić information content (AvgIpc) is 2.47. The zero-order valence-electron chi connectivity index (χ0n) is 12.3. The number of hydrogen-bond acceptors (Lipinski definition) is 3. The van der Waals surface area contributed by atoms with Crippen molar-refractivity contribution >= 4 is 15.7 Å². The van der Waals surface area contributed by atoms with Gasteiger partial charge >= 0.3 is 0 Å². The molecule has 0 amide bonds. The second-order valence-corrected chi connectivity index (χ2v) is 6.69. The molecule has 2 rings (SSSR count). The quantitative estimate of drug-likeness (QED) is 0.918. The van der Waals surface area contributed by atoms with Gasteiger partial charge in [0.2, 0.25) is 0 Å². The van der Waals surface area contributed by atoms with Crippen LogP contribution in [0.2, 0.25) is 0 Å². The van der Waals surface area contributed by atoms with Crippen LogP contribution in [0.1, 0.15) is 25.3 Å². The summed E-state index contributed by atoms with van der Waals surface area (Å²) < 4.78 is 32.9. The molecule has 1 N–H and O–H groups in total. The van der Waals surface area contributed by atoms with Crippen molar-refractivity contribution in [1.29, 1.82) is 0 Å². The maximum Gasteiger partial charge on any atom is 0.265 e. The third-order valence-electron chi connectivity index (χ3n) is 3.17. The lowest BCUT2D eigenvalue weighted by atomic mass is 10.0. The van der Waals surface area contributed by atoms with Gasteiger partial charge in [-0.05, 0) is 35.7 Å². The third kappa shape index (κ3) is 3.55. The molecule has 21 heavy (non-hydrogen) atoms. The van der Waals surface area contributed by atoms with Crippen molar-refractivity contribution in [3.05, 3.63) is 54.1 Å². The molecule has 0 fully saturated rings. The van der Waals surface area contributed by atoms with Crippen LogP contribution in [0.5, 0.6) is 5.75 Å². The third-order valence-corrected chi connectivity index (χ3v) is 4.57. The molecule has 0 aromatic heterocycles. The molecule has 0 saturated carbocycles. The van der Waals surface area contributed by atoms with Crippen molar-refractivity contribution in [2.24, 2.45) is 0 Å². The molecule has 0 spiro atoms. The van der Waals surface area contributed by atoms with E-state index in [4.69, 9.17) is 4.74 Å². The fourth-order valence-electron chi connectivity index (χ4n) is 1.98. The van der Waals surface area contributed by atoms with Crippen LogP contribution in [-0.2, 0) is 10.0 Å². The summed E-state index contributed by atoms with van der Waals surface area (Å²) in [5.74, 6) is 0.574. The Kier molecular flexibility index (Phi) is 4.53. The SMILES string of the molecule is COc1ccc(C(C)C)cc1S(=O)(=O)Nc1ccccc1. The van der Waals surface area contributed by atoms with Crippen molar-refractivity contribution in [2.45, 2.75) is 24.7 Å². The minimum atomic E-state index is -3.69. The first-order chi connectivity index (χ1) is 9.94. The van der Waals surface area contributed by atoms with Gasteiger partial charge in [-0.15, -0.1) is 0 Å². The first-order valence-electron chi connectivity index (χ1n) is 6.70.